The summed E-state index contributed by atoms with van der Waals surface area (Å²) < 4.78 is 5.39. The molecule has 2 N–H and O–H groups in total. The fourth-order valence-corrected chi connectivity index (χ4v) is 5.93. The lowest BCUT2D eigenvalue weighted by Gasteiger charge is -2.28. The molecule has 1 aromatic heterocycles. The van der Waals surface area contributed by atoms with Crippen molar-refractivity contribution in [1.82, 2.24) is 15.2 Å². The number of hydrogen-bond donors (Lipinski definition) is 2. The molecular weight excluding hydrogens is 484 g/mol. The van der Waals surface area contributed by atoms with E-state index in [1.54, 1.807) is 25.1 Å². The highest BCUT2D eigenvalue weighted by Crippen LogP contribution is 2.48. The van der Waals surface area contributed by atoms with E-state index in [0.29, 0.717) is 17.9 Å². The van der Waals surface area contributed by atoms with Crippen LogP contribution in [0, 0.1) is 5.92 Å². The summed E-state index contributed by atoms with van der Waals surface area (Å²) in [6, 6.07) is 13.0. The molecule has 2 aromatic carbocycles. The summed E-state index contributed by atoms with van der Waals surface area (Å²) in [4.78, 5) is 59.0. The highest BCUT2D eigenvalue weighted by molar-refractivity contribution is 6.09. The Morgan fingerprint density at radius 1 is 1.21 bits per heavy atom. The van der Waals surface area contributed by atoms with Crippen molar-refractivity contribution in [3.05, 3.63) is 59.8 Å². The van der Waals surface area contributed by atoms with Crippen LogP contribution in [0.1, 0.15) is 42.7 Å². The Hall–Kier alpha value is -4.14. The van der Waals surface area contributed by atoms with Crippen LogP contribution in [0.3, 0.4) is 0 Å². The largest absolute Gasteiger partial charge is 0.496 e. The third kappa shape index (κ3) is 4.02. The van der Waals surface area contributed by atoms with Gasteiger partial charge in [-0.15, -0.1) is 0 Å². The summed E-state index contributed by atoms with van der Waals surface area (Å²) in [5.74, 6) is -0.193. The molecule has 0 bridgehead atoms. The van der Waals surface area contributed by atoms with Gasteiger partial charge in [-0.1, -0.05) is 38.1 Å². The first-order valence-corrected chi connectivity index (χ1v) is 12.8. The number of aromatic nitrogens is 1. The molecule has 5 rings (SSSR count). The van der Waals surface area contributed by atoms with Crippen LogP contribution in [-0.4, -0.2) is 66.7 Å². The summed E-state index contributed by atoms with van der Waals surface area (Å²) in [5, 5.41) is 3.65. The number of carbonyl (C=O) groups is 4. The second-order valence-corrected chi connectivity index (χ2v) is 10.6. The van der Waals surface area contributed by atoms with E-state index in [1.165, 1.54) is 4.90 Å². The Bertz CT molecular complexity index is 1430. The number of anilines is 1. The lowest BCUT2D eigenvalue weighted by molar-refractivity contribution is -0.137. The van der Waals surface area contributed by atoms with Crippen molar-refractivity contribution in [2.75, 3.05) is 25.6 Å². The number of aldehydes is 1. The SMILES string of the molecule is COc1cccc2[nH]c(C(=O)NC(CC(C)C)C(=O)N3C[C@]4(C[C@H]3C=O)C(=O)N(C)c3ccccc34)cc12. The molecule has 3 atom stereocenters. The Balaban J connectivity index is 1.43. The Labute approximate surface area is 221 Å². The standard InChI is InChI=1S/C29H32N4O5/c1-17(2)12-23(31-26(35)22-13-19-21(30-22)9-7-11-25(19)38-4)27(36)33-16-29(14-18(33)15-34)20-8-5-6-10-24(20)32(3)28(29)37/h5-11,13,15,17-18,23,30H,12,14,16H2,1-4H3,(H,31,35)/t18-,23?,29-/m0/s1. The second-order valence-electron chi connectivity index (χ2n) is 10.6. The van der Waals surface area contributed by atoms with Crippen LogP contribution in [0.5, 0.6) is 5.75 Å². The van der Waals surface area contributed by atoms with Crippen LogP contribution in [0.4, 0.5) is 5.69 Å². The molecule has 0 radical (unpaired) electrons. The predicted octanol–water partition coefficient (Wildman–Crippen LogP) is 3.04. The van der Waals surface area contributed by atoms with E-state index in [1.807, 2.05) is 56.3 Å². The number of H-pyrrole nitrogens is 1. The first kappa shape index (κ1) is 25.5. The maximum absolute atomic E-state index is 13.9. The summed E-state index contributed by atoms with van der Waals surface area (Å²) in [6.45, 7) is 4.02. The van der Waals surface area contributed by atoms with E-state index < -0.39 is 23.4 Å². The number of nitrogens with zero attached hydrogens (tertiary/aromatic N) is 2. The molecule has 9 heteroatoms. The van der Waals surface area contributed by atoms with Crippen molar-refractivity contribution < 1.29 is 23.9 Å². The third-order valence-corrected chi connectivity index (χ3v) is 7.73. The van der Waals surface area contributed by atoms with Gasteiger partial charge in [-0.05, 0) is 48.6 Å². The molecule has 1 spiro atoms. The highest BCUT2D eigenvalue weighted by atomic mass is 16.5. The molecule has 2 aliphatic heterocycles. The summed E-state index contributed by atoms with van der Waals surface area (Å²) in [7, 11) is 3.28. The van der Waals surface area contributed by atoms with Gasteiger partial charge < -0.3 is 29.6 Å². The van der Waals surface area contributed by atoms with E-state index in [-0.39, 0.29) is 30.7 Å². The fourth-order valence-electron chi connectivity index (χ4n) is 5.93. The van der Waals surface area contributed by atoms with Crippen LogP contribution >= 0.6 is 0 Å². The number of likely N-dealkylation sites (tertiary alicyclic amines) is 1. The van der Waals surface area contributed by atoms with Crippen LogP contribution in [-0.2, 0) is 19.8 Å². The molecule has 3 aromatic rings. The average Bonchev–Trinajstić information content (AvgIpc) is 3.58. The lowest BCUT2D eigenvalue weighted by atomic mass is 9.79. The Morgan fingerprint density at radius 3 is 2.68 bits per heavy atom. The Morgan fingerprint density at radius 2 is 1.97 bits per heavy atom. The van der Waals surface area contributed by atoms with Crippen LogP contribution in [0.15, 0.2) is 48.5 Å². The van der Waals surface area contributed by atoms with Gasteiger partial charge in [-0.3, -0.25) is 14.4 Å². The van der Waals surface area contributed by atoms with Gasteiger partial charge in [0.1, 0.15) is 23.8 Å². The van der Waals surface area contributed by atoms with Crippen molar-refractivity contribution in [3.8, 4) is 5.75 Å². The number of nitrogens with one attached hydrogen (secondary N) is 2. The third-order valence-electron chi connectivity index (χ3n) is 7.73. The van der Waals surface area contributed by atoms with E-state index in [2.05, 4.69) is 10.3 Å². The maximum Gasteiger partial charge on any atom is 0.268 e. The number of hydrogen-bond acceptors (Lipinski definition) is 5. The molecule has 1 fully saturated rings. The first-order valence-electron chi connectivity index (χ1n) is 12.8. The van der Waals surface area contributed by atoms with Gasteiger partial charge in [0.05, 0.1) is 18.6 Å². The smallest absolute Gasteiger partial charge is 0.268 e. The zero-order valence-corrected chi connectivity index (χ0v) is 22.0. The van der Waals surface area contributed by atoms with Crippen LogP contribution in [0.2, 0.25) is 0 Å². The maximum atomic E-state index is 13.9. The number of rotatable bonds is 7. The molecule has 0 saturated carbocycles. The van der Waals surface area contributed by atoms with Crippen LogP contribution < -0.4 is 15.0 Å². The molecule has 3 amide bonds. The number of ether oxygens (including phenoxy) is 1. The minimum Gasteiger partial charge on any atom is -0.496 e. The fraction of sp³-hybridized carbons (Fsp3) is 0.379. The number of amides is 3. The second kappa shape index (κ2) is 9.63. The van der Waals surface area contributed by atoms with Crippen molar-refractivity contribution >= 4 is 40.6 Å². The molecule has 198 valence electrons. The van der Waals surface area contributed by atoms with Crippen molar-refractivity contribution in [2.24, 2.45) is 5.92 Å². The topological polar surface area (TPSA) is 112 Å². The molecule has 1 saturated heterocycles. The van der Waals surface area contributed by atoms with Crippen molar-refractivity contribution in [1.29, 1.82) is 0 Å². The molecule has 1 unspecified atom stereocenters. The summed E-state index contributed by atoms with van der Waals surface area (Å²) >= 11 is 0. The number of methoxy groups -OCH3 is 1. The van der Waals surface area contributed by atoms with Gasteiger partial charge in [0.15, 0.2) is 0 Å². The molecule has 38 heavy (non-hydrogen) atoms. The van der Waals surface area contributed by atoms with Crippen LogP contribution in [0.25, 0.3) is 10.9 Å². The summed E-state index contributed by atoms with van der Waals surface area (Å²) in [6.07, 6.45) is 1.33. The van der Waals surface area contributed by atoms with E-state index >= 15 is 0 Å². The van der Waals surface area contributed by atoms with Gasteiger partial charge in [-0.2, -0.15) is 0 Å². The molecule has 0 aliphatic carbocycles. The van der Waals surface area contributed by atoms with Gasteiger partial charge in [0, 0.05) is 30.2 Å². The van der Waals surface area contributed by atoms with Gasteiger partial charge >= 0.3 is 0 Å². The normalized spacial score (nSPS) is 21.3. The lowest BCUT2D eigenvalue weighted by Crippen LogP contribution is -2.52. The highest BCUT2D eigenvalue weighted by Gasteiger charge is 2.58. The number of likely N-dealkylation sites (N-methyl/N-ethyl adjacent to an activating group) is 1. The monoisotopic (exact) mass is 516 g/mol. The minimum absolute atomic E-state index is 0.0868. The first-order chi connectivity index (χ1) is 18.2. The zero-order chi connectivity index (χ0) is 27.2. The number of benzene rings is 2. The quantitative estimate of drug-likeness (QED) is 0.469. The van der Waals surface area contributed by atoms with E-state index in [0.717, 1.165) is 28.4 Å². The number of aromatic amines is 1. The summed E-state index contributed by atoms with van der Waals surface area (Å²) in [5.41, 5.74) is 1.68. The van der Waals surface area contributed by atoms with Crippen molar-refractivity contribution in [2.45, 2.75) is 44.2 Å². The minimum atomic E-state index is -0.979. The molecular formula is C29H32N4O5. The van der Waals surface area contributed by atoms with Gasteiger partial charge in [0.2, 0.25) is 11.8 Å². The van der Waals surface area contributed by atoms with Gasteiger partial charge in [0.25, 0.3) is 5.91 Å². The van der Waals surface area contributed by atoms with Gasteiger partial charge in [-0.25, -0.2) is 0 Å². The molecule has 3 heterocycles. The van der Waals surface area contributed by atoms with E-state index in [9.17, 15) is 19.2 Å². The predicted molar refractivity (Wildman–Crippen MR) is 143 cm³/mol. The van der Waals surface area contributed by atoms with E-state index in [4.69, 9.17) is 4.74 Å². The van der Waals surface area contributed by atoms with Crippen molar-refractivity contribution in [3.63, 3.8) is 0 Å². The number of fused-ring (bicyclic) bond motifs is 3. The molecule has 2 aliphatic rings. The number of para-hydroxylation sites is 1. The number of carbonyl (C=O) groups excluding carboxylic acids is 4. The zero-order valence-electron chi connectivity index (χ0n) is 22.0. The Kier molecular flexibility index (Phi) is 6.46. The molecule has 9 nitrogen and oxygen atoms in total. The average molecular weight is 517 g/mol.